The number of carbonyl (C=O) groups excluding carboxylic acids is 1. The van der Waals surface area contributed by atoms with Crippen LogP contribution in [0.2, 0.25) is 0 Å². The Hall–Kier alpha value is -2.20. The Morgan fingerprint density at radius 3 is 2.62 bits per heavy atom. The Kier molecular flexibility index (Phi) is 3.97. The highest BCUT2D eigenvalue weighted by molar-refractivity contribution is 7.98. The molecule has 0 aliphatic heterocycles. The van der Waals surface area contributed by atoms with Gasteiger partial charge in [0.15, 0.2) is 12.4 Å². The lowest BCUT2D eigenvalue weighted by Gasteiger charge is -2.04. The van der Waals surface area contributed by atoms with Gasteiger partial charge in [0.25, 0.3) is 0 Å². The molecular weight excluding hydrogens is 284 g/mol. The van der Waals surface area contributed by atoms with Crippen molar-refractivity contribution in [3.05, 3.63) is 60.4 Å². The fourth-order valence-corrected chi connectivity index (χ4v) is 2.42. The van der Waals surface area contributed by atoms with Crippen molar-refractivity contribution < 1.29 is 13.9 Å². The van der Waals surface area contributed by atoms with Gasteiger partial charge in [-0.2, -0.15) is 0 Å². The Morgan fingerprint density at radius 1 is 1.14 bits per heavy atom. The number of ketones is 1. The number of Topliss-reactive ketones (excluding diaryl/α,β-unsaturated/α-hetero) is 1. The molecule has 1 heterocycles. The van der Waals surface area contributed by atoms with Gasteiger partial charge in [-0.3, -0.25) is 4.79 Å². The molecule has 3 nitrogen and oxygen atoms in total. The van der Waals surface area contributed by atoms with E-state index in [1.54, 1.807) is 17.8 Å². The van der Waals surface area contributed by atoms with E-state index >= 15 is 0 Å². The normalized spacial score (nSPS) is 10.7. The van der Waals surface area contributed by atoms with Crippen LogP contribution in [-0.4, -0.2) is 18.6 Å². The number of carbonyl (C=O) groups is 1. The summed E-state index contributed by atoms with van der Waals surface area (Å²) >= 11 is 1.66. The van der Waals surface area contributed by atoms with E-state index in [0.717, 1.165) is 10.3 Å². The summed E-state index contributed by atoms with van der Waals surface area (Å²) in [7, 11) is 0. The third kappa shape index (κ3) is 3.11. The van der Waals surface area contributed by atoms with Crippen LogP contribution in [-0.2, 0) is 0 Å². The SMILES string of the molecule is CSc1ccc(OCC(=O)c2cc3ccccc3o2)cc1. The monoisotopic (exact) mass is 298 g/mol. The van der Waals surface area contributed by atoms with Crippen LogP contribution in [0, 0.1) is 0 Å². The quantitative estimate of drug-likeness (QED) is 0.516. The third-order valence-electron chi connectivity index (χ3n) is 3.13. The zero-order valence-electron chi connectivity index (χ0n) is 11.5. The average molecular weight is 298 g/mol. The van der Waals surface area contributed by atoms with E-state index < -0.39 is 0 Å². The third-order valence-corrected chi connectivity index (χ3v) is 3.87. The Morgan fingerprint density at radius 2 is 1.90 bits per heavy atom. The first-order valence-electron chi connectivity index (χ1n) is 6.55. The molecule has 106 valence electrons. The van der Waals surface area contributed by atoms with E-state index in [0.29, 0.717) is 17.1 Å². The molecule has 3 aromatic rings. The van der Waals surface area contributed by atoms with Crippen molar-refractivity contribution >= 4 is 28.5 Å². The highest BCUT2D eigenvalue weighted by Crippen LogP contribution is 2.21. The lowest BCUT2D eigenvalue weighted by atomic mass is 10.2. The average Bonchev–Trinajstić information content (AvgIpc) is 2.97. The number of furan rings is 1. The van der Waals surface area contributed by atoms with Crippen LogP contribution in [0.5, 0.6) is 5.75 Å². The summed E-state index contributed by atoms with van der Waals surface area (Å²) in [6.45, 7) is -0.0293. The molecule has 0 spiro atoms. The van der Waals surface area contributed by atoms with Crippen LogP contribution in [0.1, 0.15) is 10.6 Å². The molecule has 3 rings (SSSR count). The molecule has 0 N–H and O–H groups in total. The second kappa shape index (κ2) is 6.06. The van der Waals surface area contributed by atoms with Gasteiger partial charge in [0.2, 0.25) is 5.78 Å². The van der Waals surface area contributed by atoms with E-state index in [2.05, 4.69) is 0 Å². The van der Waals surface area contributed by atoms with E-state index in [1.165, 1.54) is 0 Å². The van der Waals surface area contributed by atoms with Crippen LogP contribution >= 0.6 is 11.8 Å². The fraction of sp³-hybridized carbons (Fsp3) is 0.118. The first-order chi connectivity index (χ1) is 10.3. The van der Waals surface area contributed by atoms with Gasteiger partial charge >= 0.3 is 0 Å². The van der Waals surface area contributed by atoms with Crippen molar-refractivity contribution in [2.45, 2.75) is 4.90 Å². The maximum atomic E-state index is 12.1. The predicted octanol–water partition coefficient (Wildman–Crippen LogP) is 4.42. The van der Waals surface area contributed by atoms with Crippen LogP contribution < -0.4 is 4.74 Å². The number of fused-ring (bicyclic) bond motifs is 1. The lowest BCUT2D eigenvalue weighted by Crippen LogP contribution is -2.10. The molecule has 1 aromatic heterocycles. The van der Waals surface area contributed by atoms with Crippen molar-refractivity contribution in [1.29, 1.82) is 0 Å². The summed E-state index contributed by atoms with van der Waals surface area (Å²) in [5, 5.41) is 0.921. The van der Waals surface area contributed by atoms with Gasteiger partial charge in [0.1, 0.15) is 11.3 Å². The molecule has 0 aliphatic rings. The van der Waals surface area contributed by atoms with Crippen molar-refractivity contribution in [3.8, 4) is 5.75 Å². The topological polar surface area (TPSA) is 39.4 Å². The summed E-state index contributed by atoms with van der Waals surface area (Å²) in [5.41, 5.74) is 0.713. The molecular formula is C17H14O3S. The molecule has 0 aliphatic carbocycles. The number of hydrogen-bond acceptors (Lipinski definition) is 4. The number of ether oxygens (including phenoxy) is 1. The number of para-hydroxylation sites is 1. The zero-order chi connectivity index (χ0) is 14.7. The molecule has 0 atom stereocenters. The maximum Gasteiger partial charge on any atom is 0.235 e. The molecule has 0 saturated heterocycles. The van der Waals surface area contributed by atoms with E-state index in [1.807, 2.05) is 54.8 Å². The zero-order valence-corrected chi connectivity index (χ0v) is 12.4. The van der Waals surface area contributed by atoms with Crippen LogP contribution in [0.15, 0.2) is 63.9 Å². The Balaban J connectivity index is 1.68. The summed E-state index contributed by atoms with van der Waals surface area (Å²) in [6, 6.07) is 16.9. The van der Waals surface area contributed by atoms with Gasteiger partial charge in [0.05, 0.1) is 0 Å². The smallest absolute Gasteiger partial charge is 0.235 e. The van der Waals surface area contributed by atoms with E-state index in [-0.39, 0.29) is 12.4 Å². The van der Waals surface area contributed by atoms with Crippen molar-refractivity contribution in [2.24, 2.45) is 0 Å². The minimum atomic E-state index is -0.167. The summed E-state index contributed by atoms with van der Waals surface area (Å²) in [5.74, 6) is 0.842. The summed E-state index contributed by atoms with van der Waals surface area (Å²) in [4.78, 5) is 13.2. The fourth-order valence-electron chi connectivity index (χ4n) is 2.01. The number of benzene rings is 2. The minimum Gasteiger partial charge on any atom is -0.485 e. The first kappa shape index (κ1) is 13.8. The molecule has 0 bridgehead atoms. The maximum absolute atomic E-state index is 12.1. The lowest BCUT2D eigenvalue weighted by molar-refractivity contribution is 0.0896. The van der Waals surface area contributed by atoms with Crippen LogP contribution in [0.3, 0.4) is 0 Å². The standard InChI is InChI=1S/C17H14O3S/c1-21-14-8-6-13(7-9-14)19-11-15(18)17-10-12-4-2-3-5-16(12)20-17/h2-10H,11H2,1H3. The largest absolute Gasteiger partial charge is 0.485 e. The predicted molar refractivity (Wildman–Crippen MR) is 84.3 cm³/mol. The number of thioether (sulfide) groups is 1. The Labute approximate surface area is 126 Å². The molecule has 0 saturated carbocycles. The highest BCUT2D eigenvalue weighted by atomic mass is 32.2. The van der Waals surface area contributed by atoms with Crippen molar-refractivity contribution in [1.82, 2.24) is 0 Å². The summed E-state index contributed by atoms with van der Waals surface area (Å²) in [6.07, 6.45) is 2.01. The second-order valence-corrected chi connectivity index (χ2v) is 5.42. The molecule has 2 aromatic carbocycles. The van der Waals surface area contributed by atoms with Gasteiger partial charge in [-0.15, -0.1) is 11.8 Å². The first-order valence-corrected chi connectivity index (χ1v) is 7.77. The molecule has 4 heteroatoms. The van der Waals surface area contributed by atoms with Crippen molar-refractivity contribution in [2.75, 3.05) is 12.9 Å². The number of hydrogen-bond donors (Lipinski definition) is 0. The molecule has 0 radical (unpaired) electrons. The molecule has 0 fully saturated rings. The van der Waals surface area contributed by atoms with Gasteiger partial charge in [-0.1, -0.05) is 18.2 Å². The van der Waals surface area contributed by atoms with Gasteiger partial charge < -0.3 is 9.15 Å². The van der Waals surface area contributed by atoms with Gasteiger partial charge in [0, 0.05) is 10.3 Å². The molecule has 0 amide bonds. The highest BCUT2D eigenvalue weighted by Gasteiger charge is 2.12. The van der Waals surface area contributed by atoms with E-state index in [9.17, 15) is 4.79 Å². The summed E-state index contributed by atoms with van der Waals surface area (Å²) < 4.78 is 11.0. The Bertz CT molecular complexity index is 726. The van der Waals surface area contributed by atoms with Crippen molar-refractivity contribution in [3.63, 3.8) is 0 Å². The van der Waals surface area contributed by atoms with Crippen LogP contribution in [0.4, 0.5) is 0 Å². The van der Waals surface area contributed by atoms with Gasteiger partial charge in [-0.25, -0.2) is 0 Å². The minimum absolute atomic E-state index is 0.0293. The van der Waals surface area contributed by atoms with E-state index in [4.69, 9.17) is 9.15 Å². The van der Waals surface area contributed by atoms with Gasteiger partial charge in [-0.05, 0) is 42.7 Å². The molecule has 0 unspecified atom stereocenters. The second-order valence-electron chi connectivity index (χ2n) is 4.54. The molecule has 21 heavy (non-hydrogen) atoms. The number of rotatable bonds is 5. The van der Waals surface area contributed by atoms with Crippen LogP contribution in [0.25, 0.3) is 11.0 Å².